The summed E-state index contributed by atoms with van der Waals surface area (Å²) < 4.78 is 97.8. The first-order valence-corrected chi connectivity index (χ1v) is 43.9. The van der Waals surface area contributed by atoms with Crippen LogP contribution >= 0.6 is 0 Å². The van der Waals surface area contributed by atoms with Gasteiger partial charge in [-0.15, -0.1) is 0 Å². The molecule has 5 aliphatic rings. The molecule has 29 atom stereocenters. The van der Waals surface area contributed by atoms with Crippen LogP contribution in [0.3, 0.4) is 0 Å². The molecule has 1 aromatic carbocycles. The Morgan fingerprint density at radius 2 is 0.891 bits per heavy atom. The van der Waals surface area contributed by atoms with Gasteiger partial charge in [0.15, 0.2) is 18.9 Å². The molecule has 742 valence electrons. The van der Waals surface area contributed by atoms with E-state index in [1.165, 1.54) is 0 Å². The third-order valence-electron chi connectivity index (χ3n) is 20.5. The zero-order chi connectivity index (χ0) is 97.5. The number of hydrogen-bond acceptors (Lipinski definition) is 41. The average Bonchev–Trinajstić information content (AvgIpc) is 1.72. The van der Waals surface area contributed by atoms with Crippen LogP contribution in [-0.2, 0) is 108 Å². The Morgan fingerprint density at radius 3 is 1.33 bits per heavy atom. The average molecular weight is 1900 g/mol. The minimum atomic E-state index is -4.67. The van der Waals surface area contributed by atoms with Gasteiger partial charge in [0.1, 0.15) is 128 Å². The Hall–Kier alpha value is -7.91. The largest absolute Gasteiger partial charge is 0.396 e. The molecule has 11 amide bonds. The van der Waals surface area contributed by atoms with Crippen molar-refractivity contribution >= 4 is 86.3 Å². The third kappa shape index (κ3) is 38.7. The van der Waals surface area contributed by atoms with Gasteiger partial charge in [-0.2, -0.15) is 16.8 Å². The quantitative estimate of drug-likeness (QED) is 0.0222. The van der Waals surface area contributed by atoms with E-state index in [1.807, 2.05) is 0 Å². The highest BCUT2D eigenvalue weighted by molar-refractivity contribution is 7.80. The topological polar surface area (TPSA) is 993 Å². The van der Waals surface area contributed by atoms with Gasteiger partial charge in [0.25, 0.3) is 0 Å². The van der Waals surface area contributed by atoms with Gasteiger partial charge < -0.3 is 196 Å². The first-order valence-electron chi connectivity index (χ1n) is 41.1. The van der Waals surface area contributed by atoms with E-state index in [0.29, 0.717) is 5.56 Å². The third-order valence-corrected chi connectivity index (χ3v) is 20.5. The van der Waals surface area contributed by atoms with E-state index in [0.717, 1.165) is 0 Å². The van der Waals surface area contributed by atoms with Crippen LogP contribution < -0.4 is 122 Å². The highest BCUT2D eigenvalue weighted by atomic mass is 32.3. The Labute approximate surface area is 742 Å². The number of benzene rings is 1. The van der Waals surface area contributed by atoms with E-state index >= 15 is 0 Å². The Morgan fingerprint density at radius 1 is 0.481 bits per heavy atom. The minimum absolute atomic E-state index is 0.00155. The number of amides is 11. The van der Waals surface area contributed by atoms with Crippen molar-refractivity contribution in [3.8, 4) is 0 Å². The van der Waals surface area contributed by atoms with Crippen LogP contribution in [0.1, 0.15) is 83.6 Å². The molecule has 46 N–H and O–H groups in total. The second kappa shape index (κ2) is 57.5. The van der Waals surface area contributed by atoms with Crippen LogP contribution in [0.25, 0.3) is 0 Å². The molecule has 0 bridgehead atoms. The summed E-state index contributed by atoms with van der Waals surface area (Å²) in [4.78, 5) is 150. The predicted molar refractivity (Wildman–Crippen MR) is 446 cm³/mol. The number of nitrogens with two attached hydrogens (primary N) is 11. The molecule has 56 nitrogen and oxygen atoms in total. The van der Waals surface area contributed by atoms with Crippen LogP contribution in [0.2, 0.25) is 0 Å². The fourth-order valence-corrected chi connectivity index (χ4v) is 13.8. The summed E-state index contributed by atoms with van der Waals surface area (Å²) in [5.41, 5.74) is 65.2. The van der Waals surface area contributed by atoms with Gasteiger partial charge in [0.05, 0.1) is 24.8 Å². The molecule has 1 aliphatic carbocycles. The first-order chi connectivity index (χ1) is 60.6. The van der Waals surface area contributed by atoms with Gasteiger partial charge in [-0.1, -0.05) is 44.2 Å². The molecule has 1 aromatic rings. The summed E-state index contributed by atoms with van der Waals surface area (Å²) in [6, 6.07) is -9.67. The summed E-state index contributed by atoms with van der Waals surface area (Å²) in [5, 5.41) is 120. The van der Waals surface area contributed by atoms with Crippen molar-refractivity contribution in [2.45, 2.75) is 261 Å². The number of aliphatic hydroxyl groups is 9. The summed E-state index contributed by atoms with van der Waals surface area (Å²) in [6.07, 6.45) is -21.4. The van der Waals surface area contributed by atoms with Gasteiger partial charge in [-0.05, 0) is 108 Å². The maximum absolute atomic E-state index is 14.4. The first kappa shape index (κ1) is 115. The highest BCUT2D eigenvalue weighted by Gasteiger charge is 2.55. The van der Waals surface area contributed by atoms with Crippen LogP contribution in [0.15, 0.2) is 30.3 Å². The van der Waals surface area contributed by atoms with Crippen molar-refractivity contribution in [2.24, 2.45) is 69.0 Å². The lowest BCUT2D eigenvalue weighted by Gasteiger charge is -2.47. The molecule has 4 heterocycles. The Balaban J connectivity index is 0.000000682. The molecule has 1 saturated carbocycles. The molecule has 4 aliphatic heterocycles. The lowest BCUT2D eigenvalue weighted by molar-refractivity contribution is -0.306. The molecular formula is C71H132N22O34S2. The summed E-state index contributed by atoms with van der Waals surface area (Å²) >= 11 is 0. The Bertz CT molecular complexity index is 3830. The van der Waals surface area contributed by atoms with Crippen molar-refractivity contribution in [3.05, 3.63) is 35.9 Å². The fraction of sp³-hybridized carbons (Fsp3) is 0.761. The summed E-state index contributed by atoms with van der Waals surface area (Å²) in [6.45, 7) is 0.360. The lowest BCUT2D eigenvalue weighted by Crippen LogP contribution is -2.68. The maximum atomic E-state index is 14.4. The molecule has 0 spiro atoms. The summed E-state index contributed by atoms with van der Waals surface area (Å²) in [5.74, 6) is -9.12. The number of carbonyl (C=O) groups is 11. The SMILES string of the molecule is CC(C)CC1NC(=O)C(Cc2ccccc2)NC(=O)C(CCN)NC(=O)C(NC(=O)C(CCN)NC(=O)C(CCO)NC(=O)C(CCN)NC=O)CCNC(=O)C(CCO)NC(=O)C(CCN)NC(=O)C(CCN)NC1=O.NC[C@@H]1OC(O[C@H]2[C@@H](O)[C@H](O[C@@H]3[C@@H](O)[C@H](N)C[C@H](N)[C@H]3O[C@H]3O[C@H](CN)[C@@H](O)[C@H](O)[C@H]3N)O[C@@H]2CO)[C@H](N)[C@@H](O)[C@@H]1O.O=S(=O)(O)O.O=S(=O)(O)O. The van der Waals surface area contributed by atoms with E-state index in [4.69, 9.17) is 127 Å². The fourth-order valence-electron chi connectivity index (χ4n) is 13.8. The van der Waals surface area contributed by atoms with Gasteiger partial charge in [0.2, 0.25) is 65.5 Å². The monoisotopic (exact) mass is 1900 g/mol. The van der Waals surface area contributed by atoms with Crippen molar-refractivity contribution < 1.29 is 162 Å². The van der Waals surface area contributed by atoms with Crippen molar-refractivity contribution in [3.63, 3.8) is 0 Å². The van der Waals surface area contributed by atoms with Gasteiger partial charge in [-0.3, -0.25) is 71.0 Å². The standard InChI is InChI=1S/C48H82N16O13.C23H46N6O13.2H2O4S/c1-27(2)24-37-47(76)59-32(11-19-52)41(70)56-31(10-18-51)43(72)61-35(14-22-65)39(68)54-21-13-34(45(74)57-33(12-20-53)44(73)64-38(48(77)63-37)25-28-6-4-3-5-7-28)60-42(71)30(9-17-50)58-46(75)36(15-23-66)62-40(69)29(8-16-49)55-26-67;24-2-7-13(32)15(34)10(28)21(37-7)40-18-6(27)1-5(26)12(31)20(18)42-23-17(36)19(9(4-30)39-23)41-22-11(29)16(35)14(33)8(3-25)38-22;2*1-5(2,3)4/h3-7,26-27,29-38,65-66H,8-25,49-53H2,1-2H3,(H,54,68)(H,55,67)(H,56,70)(H,57,74)(H,58,75)(H,59,76)(H,60,71)(H,61,72)(H,62,69)(H,63,77)(H,64,73);5-23,30-36H,1-4,24-29H2;2*(H2,1,2,3,4)/t;5-,6+,7-,8+,9-,10-,11-,12+,13-,14-,15-,16-,17-,18-,19-,20-,21-,22?,23+;;/m.1../s1. The smallest absolute Gasteiger partial charge is 0.394 e. The van der Waals surface area contributed by atoms with E-state index in [9.17, 15) is 98.7 Å². The zero-order valence-corrected chi connectivity index (χ0v) is 72.5. The number of ether oxygens (including phenoxy) is 6. The molecule has 6 rings (SSSR count). The number of carbonyl (C=O) groups excluding carboxylic acids is 11. The molecule has 129 heavy (non-hydrogen) atoms. The van der Waals surface area contributed by atoms with Crippen LogP contribution in [0.5, 0.6) is 0 Å². The number of rotatable bonds is 35. The lowest BCUT2D eigenvalue weighted by atomic mass is 9.84. The molecule has 5 fully saturated rings. The van der Waals surface area contributed by atoms with Gasteiger partial charge >= 0.3 is 20.8 Å². The second-order valence-corrected chi connectivity index (χ2v) is 32.6. The van der Waals surface area contributed by atoms with E-state index in [2.05, 4.69) is 58.5 Å². The summed E-state index contributed by atoms with van der Waals surface area (Å²) in [7, 11) is -9.33. The molecule has 0 radical (unpaired) electrons. The van der Waals surface area contributed by atoms with E-state index in [-0.39, 0.29) is 122 Å². The van der Waals surface area contributed by atoms with Crippen LogP contribution in [0.4, 0.5) is 0 Å². The second-order valence-electron chi connectivity index (χ2n) is 30.8. The maximum Gasteiger partial charge on any atom is 0.394 e. The van der Waals surface area contributed by atoms with Crippen molar-refractivity contribution in [1.29, 1.82) is 0 Å². The van der Waals surface area contributed by atoms with Crippen molar-refractivity contribution in [1.82, 2.24) is 58.5 Å². The zero-order valence-electron chi connectivity index (χ0n) is 70.9. The normalized spacial score (nSPS) is 32.0. The molecule has 58 heteroatoms. The van der Waals surface area contributed by atoms with E-state index in [1.54, 1.807) is 44.2 Å². The van der Waals surface area contributed by atoms with Gasteiger partial charge in [0, 0.05) is 51.4 Å². The molecule has 4 saturated heterocycles. The van der Waals surface area contributed by atoms with Gasteiger partial charge in [-0.25, -0.2) is 0 Å². The molecular weight excluding hydrogens is 1770 g/mol. The Kier molecular flexibility index (Phi) is 51.4. The molecule has 0 aromatic heterocycles. The molecule has 11 unspecified atom stereocenters. The van der Waals surface area contributed by atoms with E-state index < -0.39 is 289 Å². The highest BCUT2D eigenvalue weighted by Crippen LogP contribution is 2.35. The number of hydrogen-bond donors (Lipinski definition) is 35. The van der Waals surface area contributed by atoms with Crippen LogP contribution in [0, 0.1) is 5.92 Å². The van der Waals surface area contributed by atoms with Crippen molar-refractivity contribution in [2.75, 3.05) is 72.2 Å². The van der Waals surface area contributed by atoms with Crippen LogP contribution in [-0.4, -0.2) is 395 Å². The predicted octanol–water partition coefficient (Wildman–Crippen LogP) is -18.4. The number of nitrogens with one attached hydrogen (secondary N) is 11. The minimum Gasteiger partial charge on any atom is -0.396 e. The number of aliphatic hydroxyl groups excluding tert-OH is 9.